The Kier molecular flexibility index (Phi) is 5.63. The van der Waals surface area contributed by atoms with E-state index in [4.69, 9.17) is 32.7 Å². The molecule has 2 aromatic heterocycles. The standard InChI is InChI=1S/C12H7Cl2N3O3S.C6H5N3O/c13-8-1-4-10(5-2-8)21(18,19)20-17-12-7-9(14)3-6-11(12)15-16-17;10-9-6-4-2-1-3-5(6)7-8-9/h1-7H;1-4,10H. The van der Waals surface area contributed by atoms with Crippen molar-refractivity contribution in [3.63, 3.8) is 0 Å². The summed E-state index contributed by atoms with van der Waals surface area (Å²) in [5, 5.41) is 24.3. The van der Waals surface area contributed by atoms with Gasteiger partial charge in [-0.3, -0.25) is 4.28 Å². The van der Waals surface area contributed by atoms with E-state index in [0.717, 1.165) is 9.69 Å². The summed E-state index contributed by atoms with van der Waals surface area (Å²) in [7, 11) is -4.05. The van der Waals surface area contributed by atoms with E-state index in [1.165, 1.54) is 30.3 Å². The molecule has 0 spiro atoms. The van der Waals surface area contributed by atoms with Gasteiger partial charge in [0.1, 0.15) is 27.0 Å². The van der Waals surface area contributed by atoms with Crippen molar-refractivity contribution in [2.75, 3.05) is 0 Å². The zero-order chi connectivity index (χ0) is 22.0. The van der Waals surface area contributed by atoms with E-state index in [1.807, 2.05) is 12.1 Å². The first-order valence-electron chi connectivity index (χ1n) is 8.55. The lowest BCUT2D eigenvalue weighted by Crippen LogP contribution is -2.21. The Balaban J connectivity index is 0.000000192. The second-order valence-electron chi connectivity index (χ2n) is 6.05. The molecule has 0 atom stereocenters. The fourth-order valence-electron chi connectivity index (χ4n) is 2.52. The van der Waals surface area contributed by atoms with Crippen molar-refractivity contribution in [1.29, 1.82) is 0 Å². The van der Waals surface area contributed by atoms with Crippen molar-refractivity contribution in [2.45, 2.75) is 4.90 Å². The minimum atomic E-state index is -4.05. The number of nitrogens with zero attached hydrogens (tertiary/aromatic N) is 6. The van der Waals surface area contributed by atoms with Gasteiger partial charge in [-0.05, 0) is 65.0 Å². The van der Waals surface area contributed by atoms with Gasteiger partial charge in [0.25, 0.3) is 0 Å². The first kappa shape index (κ1) is 20.8. The van der Waals surface area contributed by atoms with Crippen molar-refractivity contribution in [3.05, 3.63) is 76.8 Å². The van der Waals surface area contributed by atoms with E-state index in [0.29, 0.717) is 32.1 Å². The zero-order valence-electron chi connectivity index (χ0n) is 15.4. The van der Waals surface area contributed by atoms with E-state index in [-0.39, 0.29) is 4.90 Å². The summed E-state index contributed by atoms with van der Waals surface area (Å²) in [6, 6.07) is 17.5. The third-order valence-electron chi connectivity index (χ3n) is 3.98. The van der Waals surface area contributed by atoms with E-state index in [9.17, 15) is 8.42 Å². The van der Waals surface area contributed by atoms with Gasteiger partial charge in [-0.1, -0.05) is 45.0 Å². The molecule has 158 valence electrons. The van der Waals surface area contributed by atoms with Crippen LogP contribution in [0.5, 0.6) is 0 Å². The van der Waals surface area contributed by atoms with Crippen molar-refractivity contribution < 1.29 is 17.9 Å². The Hall–Kier alpha value is -3.41. The minimum Gasteiger partial charge on any atom is -0.410 e. The van der Waals surface area contributed by atoms with Gasteiger partial charge < -0.3 is 5.21 Å². The summed E-state index contributed by atoms with van der Waals surface area (Å²) < 4.78 is 29.3. The Morgan fingerprint density at radius 1 is 0.806 bits per heavy atom. The van der Waals surface area contributed by atoms with Gasteiger partial charge in [-0.15, -0.1) is 10.2 Å². The largest absolute Gasteiger partial charge is 0.410 e. The highest BCUT2D eigenvalue weighted by Gasteiger charge is 2.19. The van der Waals surface area contributed by atoms with Crippen LogP contribution in [0.1, 0.15) is 0 Å². The van der Waals surface area contributed by atoms with Crippen LogP contribution >= 0.6 is 23.2 Å². The van der Waals surface area contributed by atoms with Crippen LogP contribution in [0, 0.1) is 0 Å². The number of fused-ring (bicyclic) bond motifs is 2. The fourth-order valence-corrected chi connectivity index (χ4v) is 3.66. The average molecular weight is 479 g/mol. The van der Waals surface area contributed by atoms with E-state index in [2.05, 4.69) is 20.6 Å². The molecule has 2 heterocycles. The van der Waals surface area contributed by atoms with Gasteiger partial charge in [0.15, 0.2) is 0 Å². The van der Waals surface area contributed by atoms with E-state index < -0.39 is 10.1 Å². The van der Waals surface area contributed by atoms with Gasteiger partial charge in [0.05, 0.1) is 0 Å². The lowest BCUT2D eigenvalue weighted by molar-refractivity contribution is 0.155. The molecule has 13 heteroatoms. The first-order valence-corrected chi connectivity index (χ1v) is 10.7. The molecule has 0 bridgehead atoms. The molecule has 5 rings (SSSR count). The Bertz CT molecular complexity index is 1470. The summed E-state index contributed by atoms with van der Waals surface area (Å²) in [5.74, 6) is 0. The lowest BCUT2D eigenvalue weighted by Gasteiger charge is -2.06. The van der Waals surface area contributed by atoms with Crippen LogP contribution in [0.15, 0.2) is 71.6 Å². The normalized spacial score (nSPS) is 11.3. The highest BCUT2D eigenvalue weighted by atomic mass is 35.5. The third kappa shape index (κ3) is 4.53. The maximum atomic E-state index is 12.2. The monoisotopic (exact) mass is 478 g/mol. The van der Waals surface area contributed by atoms with Crippen LogP contribution in [0.2, 0.25) is 10.0 Å². The van der Waals surface area contributed by atoms with Crippen LogP contribution in [-0.4, -0.2) is 43.9 Å². The summed E-state index contributed by atoms with van der Waals surface area (Å²) in [4.78, 5) is 1.53. The Labute approximate surface area is 185 Å². The zero-order valence-corrected chi connectivity index (χ0v) is 17.7. The van der Waals surface area contributed by atoms with Crippen LogP contribution < -0.4 is 4.28 Å². The average Bonchev–Trinajstić information content (AvgIpc) is 3.32. The van der Waals surface area contributed by atoms with Crippen LogP contribution in [-0.2, 0) is 10.1 Å². The molecule has 0 aliphatic heterocycles. The van der Waals surface area contributed by atoms with Gasteiger partial charge in [0, 0.05) is 10.0 Å². The minimum absolute atomic E-state index is 0.0439. The predicted octanol–water partition coefficient (Wildman–Crippen LogP) is 3.22. The molecule has 3 aromatic carbocycles. The van der Waals surface area contributed by atoms with E-state index in [1.54, 1.807) is 24.3 Å². The lowest BCUT2D eigenvalue weighted by atomic mass is 10.3. The molecule has 0 aliphatic carbocycles. The summed E-state index contributed by atoms with van der Waals surface area (Å²) in [5.41, 5.74) is 2.14. The number of hydrogen-bond donors (Lipinski definition) is 1. The molecule has 0 saturated heterocycles. The molecule has 10 nitrogen and oxygen atoms in total. The van der Waals surface area contributed by atoms with Crippen LogP contribution in [0.25, 0.3) is 22.1 Å². The molecule has 0 saturated carbocycles. The van der Waals surface area contributed by atoms with Crippen molar-refractivity contribution in [1.82, 2.24) is 30.3 Å². The number of para-hydroxylation sites is 1. The second kappa shape index (κ2) is 8.38. The molecular weight excluding hydrogens is 467 g/mol. The second-order valence-corrected chi connectivity index (χ2v) is 8.45. The summed E-state index contributed by atoms with van der Waals surface area (Å²) in [6.07, 6.45) is 0. The number of benzene rings is 3. The van der Waals surface area contributed by atoms with Crippen LogP contribution in [0.3, 0.4) is 0 Å². The molecule has 1 N–H and O–H groups in total. The third-order valence-corrected chi connectivity index (χ3v) is 5.66. The molecule has 0 fully saturated rings. The number of halogens is 2. The van der Waals surface area contributed by atoms with E-state index >= 15 is 0 Å². The summed E-state index contributed by atoms with van der Waals surface area (Å²) in [6.45, 7) is 0. The van der Waals surface area contributed by atoms with Gasteiger partial charge >= 0.3 is 10.1 Å². The first-order chi connectivity index (χ1) is 14.8. The molecule has 0 unspecified atom stereocenters. The molecular formula is C18H12Cl2N6O4S. The number of rotatable bonds is 3. The summed E-state index contributed by atoms with van der Waals surface area (Å²) >= 11 is 11.6. The van der Waals surface area contributed by atoms with Crippen molar-refractivity contribution in [2.24, 2.45) is 0 Å². The van der Waals surface area contributed by atoms with Crippen LogP contribution in [0.4, 0.5) is 0 Å². The molecule has 0 radical (unpaired) electrons. The fraction of sp³-hybridized carbons (Fsp3) is 0. The quantitative estimate of drug-likeness (QED) is 0.391. The molecule has 0 aliphatic rings. The molecule has 31 heavy (non-hydrogen) atoms. The van der Waals surface area contributed by atoms with Crippen molar-refractivity contribution in [3.8, 4) is 0 Å². The van der Waals surface area contributed by atoms with Gasteiger partial charge in [-0.2, -0.15) is 8.42 Å². The smallest absolute Gasteiger partial charge is 0.358 e. The number of hydrogen-bond acceptors (Lipinski definition) is 8. The van der Waals surface area contributed by atoms with Gasteiger partial charge in [-0.25, -0.2) is 0 Å². The Morgan fingerprint density at radius 2 is 1.45 bits per heavy atom. The SMILES string of the molecule is O=S(=O)(On1nnc2ccc(Cl)cc21)c1ccc(Cl)cc1.On1nnc2ccccc21. The number of aromatic nitrogens is 6. The van der Waals surface area contributed by atoms with Gasteiger partial charge in [0.2, 0.25) is 0 Å². The topological polar surface area (TPSA) is 125 Å². The maximum absolute atomic E-state index is 12.2. The molecule has 0 amide bonds. The Morgan fingerprint density at radius 3 is 2.19 bits per heavy atom. The molecule has 5 aromatic rings. The highest BCUT2D eigenvalue weighted by Crippen LogP contribution is 2.19. The predicted molar refractivity (Wildman–Crippen MR) is 112 cm³/mol. The van der Waals surface area contributed by atoms with Crippen molar-refractivity contribution >= 4 is 55.4 Å². The highest BCUT2D eigenvalue weighted by molar-refractivity contribution is 7.87. The maximum Gasteiger partial charge on any atom is 0.358 e.